The first-order valence-electron chi connectivity index (χ1n) is 12.9. The summed E-state index contributed by atoms with van der Waals surface area (Å²) in [5.41, 5.74) is 1.63. The second-order valence-corrected chi connectivity index (χ2v) is 12.5. The number of anilines is 1. The van der Waals surface area contributed by atoms with Crippen LogP contribution in [0.15, 0.2) is 64.7 Å². The predicted octanol–water partition coefficient (Wildman–Crippen LogP) is 6.84. The van der Waals surface area contributed by atoms with Gasteiger partial charge < -0.3 is 15.0 Å². The molecule has 0 saturated carbocycles. The number of rotatable bonds is 4. The lowest BCUT2D eigenvalue weighted by atomic mass is 9.99. The number of pyridine rings is 1. The van der Waals surface area contributed by atoms with Crippen molar-refractivity contribution in [3.63, 3.8) is 0 Å². The van der Waals surface area contributed by atoms with E-state index in [-0.39, 0.29) is 17.8 Å². The minimum Gasteiger partial charge on any atom is -0.444 e. The average Bonchev–Trinajstić information content (AvgIpc) is 3.26. The summed E-state index contributed by atoms with van der Waals surface area (Å²) < 4.78 is 5.54. The normalized spacial score (nSPS) is 16.6. The lowest BCUT2D eigenvalue weighted by Crippen LogP contribution is -2.46. The topological polar surface area (TPSA) is 96.2 Å². The van der Waals surface area contributed by atoms with Gasteiger partial charge in [-0.1, -0.05) is 59.2 Å². The lowest BCUT2D eigenvalue weighted by molar-refractivity contribution is -0.113. The third-order valence-electron chi connectivity index (χ3n) is 6.46. The maximum Gasteiger partial charge on any atom is 0.410 e. The zero-order valence-electron chi connectivity index (χ0n) is 22.4. The van der Waals surface area contributed by atoms with E-state index in [4.69, 9.17) is 37.9 Å². The van der Waals surface area contributed by atoms with Crippen LogP contribution in [0.3, 0.4) is 0 Å². The Morgan fingerprint density at radius 1 is 1.05 bits per heavy atom. The van der Waals surface area contributed by atoms with Crippen LogP contribution in [0.2, 0.25) is 10.0 Å². The van der Waals surface area contributed by atoms with E-state index in [0.717, 1.165) is 16.5 Å². The van der Waals surface area contributed by atoms with Crippen LogP contribution in [-0.2, 0) is 9.53 Å². The molecule has 0 aliphatic carbocycles. The Morgan fingerprint density at radius 2 is 1.80 bits per heavy atom. The van der Waals surface area contributed by atoms with Gasteiger partial charge in [0.1, 0.15) is 10.6 Å². The molecule has 8 nitrogen and oxygen atoms in total. The van der Waals surface area contributed by atoms with E-state index >= 15 is 0 Å². The van der Waals surface area contributed by atoms with Crippen LogP contribution in [0.1, 0.15) is 39.2 Å². The molecule has 1 fully saturated rings. The summed E-state index contributed by atoms with van der Waals surface area (Å²) in [7, 11) is 0. The number of aliphatic imine (C=N–C) groups is 2. The maximum atomic E-state index is 12.9. The van der Waals surface area contributed by atoms with Crippen molar-refractivity contribution in [3.8, 4) is 0 Å². The van der Waals surface area contributed by atoms with E-state index in [1.54, 1.807) is 23.2 Å². The summed E-state index contributed by atoms with van der Waals surface area (Å²) in [6.45, 7) is 6.47. The van der Waals surface area contributed by atoms with Crippen LogP contribution in [0.25, 0.3) is 10.9 Å². The number of amides is 2. The summed E-state index contributed by atoms with van der Waals surface area (Å²) in [4.78, 5) is 41.6. The molecule has 0 bridgehead atoms. The molecule has 40 heavy (non-hydrogen) atoms. The zero-order valence-corrected chi connectivity index (χ0v) is 24.7. The Hall–Kier alpha value is -3.14. The molecule has 1 N–H and O–H groups in total. The molecule has 0 atom stereocenters. The minimum atomic E-state index is -0.721. The molecule has 2 aliphatic rings. The molecule has 208 valence electrons. The van der Waals surface area contributed by atoms with Gasteiger partial charge in [0, 0.05) is 36.9 Å². The fourth-order valence-corrected chi connectivity index (χ4v) is 5.70. The van der Waals surface area contributed by atoms with Gasteiger partial charge in [0.25, 0.3) is 0 Å². The molecule has 2 aliphatic heterocycles. The Kier molecular flexibility index (Phi) is 8.08. The van der Waals surface area contributed by atoms with E-state index < -0.39 is 11.3 Å². The number of benzene rings is 2. The predicted molar refractivity (Wildman–Crippen MR) is 163 cm³/mol. The Morgan fingerprint density at radius 3 is 2.52 bits per heavy atom. The molecule has 3 heterocycles. The average molecular weight is 599 g/mol. The SMILES string of the molecule is CC(C)(C)OC(=O)N1CCC2(CC1)N=C(SCC(=O)Nc1cnc3ccccc3c1)C(c1ccc(Cl)c(Cl)c1)=N2. The van der Waals surface area contributed by atoms with Crippen molar-refractivity contribution in [2.45, 2.75) is 44.9 Å². The molecule has 3 aromatic rings. The largest absolute Gasteiger partial charge is 0.444 e. The van der Waals surface area contributed by atoms with Gasteiger partial charge in [0.05, 0.1) is 38.9 Å². The monoisotopic (exact) mass is 597 g/mol. The molecule has 5 rings (SSSR count). The number of piperidine rings is 1. The van der Waals surface area contributed by atoms with Crippen LogP contribution in [0.4, 0.5) is 10.5 Å². The number of ether oxygens (including phenoxy) is 1. The Balaban J connectivity index is 1.31. The molecule has 11 heteroatoms. The smallest absolute Gasteiger partial charge is 0.410 e. The molecule has 1 saturated heterocycles. The molecule has 2 aromatic carbocycles. The number of nitrogens with zero attached hydrogens (tertiary/aromatic N) is 4. The number of thioether (sulfide) groups is 1. The number of halogens is 2. The second-order valence-electron chi connectivity index (χ2n) is 10.7. The van der Waals surface area contributed by atoms with Crippen molar-refractivity contribution in [3.05, 3.63) is 70.3 Å². The van der Waals surface area contributed by atoms with Crippen molar-refractivity contribution in [2.24, 2.45) is 9.98 Å². The van der Waals surface area contributed by atoms with E-state index in [9.17, 15) is 9.59 Å². The first-order valence-corrected chi connectivity index (χ1v) is 14.7. The van der Waals surface area contributed by atoms with Crippen molar-refractivity contribution in [1.29, 1.82) is 0 Å². The highest BCUT2D eigenvalue weighted by Gasteiger charge is 2.41. The Bertz CT molecular complexity index is 1530. The number of likely N-dealkylation sites (tertiary alicyclic amines) is 1. The van der Waals surface area contributed by atoms with Gasteiger partial charge in [0.2, 0.25) is 5.91 Å². The molecule has 0 radical (unpaired) electrons. The third-order valence-corrected chi connectivity index (χ3v) is 8.16. The maximum absolute atomic E-state index is 12.9. The first-order chi connectivity index (χ1) is 19.0. The van der Waals surface area contributed by atoms with Crippen LogP contribution in [0, 0.1) is 0 Å². The quantitative estimate of drug-likeness (QED) is 0.355. The van der Waals surface area contributed by atoms with Crippen molar-refractivity contribution >= 4 is 74.3 Å². The summed E-state index contributed by atoms with van der Waals surface area (Å²) >= 11 is 13.8. The molecule has 2 amide bonds. The highest BCUT2D eigenvalue weighted by atomic mass is 35.5. The number of para-hydroxylation sites is 1. The van der Waals surface area contributed by atoms with Gasteiger partial charge in [-0.25, -0.2) is 9.79 Å². The Labute approximate surface area is 247 Å². The zero-order chi connectivity index (χ0) is 28.5. The number of carbonyl (C=O) groups is 2. The second kappa shape index (κ2) is 11.4. The van der Waals surface area contributed by atoms with Crippen LogP contribution < -0.4 is 5.32 Å². The fraction of sp³-hybridized carbons (Fsp3) is 0.345. The summed E-state index contributed by atoms with van der Waals surface area (Å²) in [5, 5.41) is 5.37. The third kappa shape index (κ3) is 6.59. The minimum absolute atomic E-state index is 0.131. The number of hydrogen-bond donors (Lipinski definition) is 1. The number of fused-ring (bicyclic) bond motifs is 1. The van der Waals surface area contributed by atoms with Crippen LogP contribution in [0.5, 0.6) is 0 Å². The van der Waals surface area contributed by atoms with E-state index in [1.807, 2.05) is 57.2 Å². The van der Waals surface area contributed by atoms with Crippen molar-refractivity contribution in [1.82, 2.24) is 9.88 Å². The number of nitrogens with one attached hydrogen (secondary N) is 1. The summed E-state index contributed by atoms with van der Waals surface area (Å²) in [6, 6.07) is 15.0. The van der Waals surface area contributed by atoms with Gasteiger partial charge in [-0.3, -0.25) is 14.8 Å². The highest BCUT2D eigenvalue weighted by Crippen LogP contribution is 2.37. The van der Waals surface area contributed by atoms with Gasteiger partial charge in [-0.15, -0.1) is 0 Å². The first kappa shape index (κ1) is 28.4. The standard InChI is InChI=1S/C29H29Cl2N5O3S/c1-28(2,3)39-27(38)36-12-10-29(11-13-36)34-25(19-8-9-21(30)22(31)15-19)26(35-29)40-17-24(37)33-20-14-18-6-4-5-7-23(18)32-16-20/h4-9,14-16H,10-13,17H2,1-3H3,(H,33,37). The molecular formula is C29H29Cl2N5O3S. The van der Waals surface area contributed by atoms with Gasteiger partial charge in [0.15, 0.2) is 5.66 Å². The number of carbonyl (C=O) groups excluding carboxylic acids is 2. The number of hydrogen-bond acceptors (Lipinski definition) is 7. The van der Waals surface area contributed by atoms with Crippen molar-refractivity contribution in [2.75, 3.05) is 24.2 Å². The van der Waals surface area contributed by atoms with Gasteiger partial charge in [-0.05, 0) is 45.0 Å². The van der Waals surface area contributed by atoms with Gasteiger partial charge >= 0.3 is 6.09 Å². The highest BCUT2D eigenvalue weighted by molar-refractivity contribution is 8.16. The number of aromatic nitrogens is 1. The van der Waals surface area contributed by atoms with Crippen LogP contribution >= 0.6 is 35.0 Å². The molecule has 1 aromatic heterocycles. The summed E-state index contributed by atoms with van der Waals surface area (Å²) in [6.07, 6.45) is 2.38. The summed E-state index contributed by atoms with van der Waals surface area (Å²) in [5.74, 6) is -0.0504. The van der Waals surface area contributed by atoms with Crippen molar-refractivity contribution < 1.29 is 14.3 Å². The fourth-order valence-electron chi connectivity index (χ4n) is 4.52. The molecular weight excluding hydrogens is 569 g/mol. The van der Waals surface area contributed by atoms with Crippen LogP contribution in [-0.4, -0.2) is 62.7 Å². The molecule has 1 spiro atoms. The van der Waals surface area contributed by atoms with E-state index in [2.05, 4.69) is 10.3 Å². The molecule has 0 unspecified atom stereocenters. The lowest BCUT2D eigenvalue weighted by Gasteiger charge is -2.36. The van der Waals surface area contributed by atoms with E-state index in [1.165, 1.54) is 11.8 Å². The van der Waals surface area contributed by atoms with Gasteiger partial charge in [-0.2, -0.15) is 0 Å². The van der Waals surface area contributed by atoms with E-state index in [0.29, 0.717) is 52.4 Å².